The fraction of sp³-hybridized carbons (Fsp3) is 0.286. The maximum atomic E-state index is 12.4. The highest BCUT2D eigenvalue weighted by molar-refractivity contribution is 8.13. The Balaban J connectivity index is 3.51. The predicted molar refractivity (Wildman–Crippen MR) is 47.2 cm³/mol. The quantitative estimate of drug-likeness (QED) is 0.622. The third-order valence-electron chi connectivity index (χ3n) is 1.70. The summed E-state index contributed by atoms with van der Waals surface area (Å²) < 4.78 is 83.1. The number of nitrogens with zero attached hydrogens (tertiary/aromatic N) is 1. The number of aromatic nitrogens is 1. The lowest BCUT2D eigenvalue weighted by Crippen LogP contribution is -2.12. The molecule has 96 valence electrons. The SMILES string of the molecule is O=S(=O)(Cl)c1cc(C(F)(F)F)c(C(F)F)cn1. The van der Waals surface area contributed by atoms with Crippen LogP contribution in [-0.2, 0) is 15.2 Å². The molecular formula is C7H3ClF5NO2S. The van der Waals surface area contributed by atoms with Crippen molar-refractivity contribution in [3.63, 3.8) is 0 Å². The maximum absolute atomic E-state index is 12.4. The lowest BCUT2D eigenvalue weighted by molar-refractivity contribution is -0.139. The molecule has 0 aromatic carbocycles. The molecule has 0 bridgehead atoms. The second-order valence-corrected chi connectivity index (χ2v) is 5.36. The van der Waals surface area contributed by atoms with Crippen LogP contribution in [0.4, 0.5) is 22.0 Å². The topological polar surface area (TPSA) is 47.0 Å². The van der Waals surface area contributed by atoms with E-state index in [2.05, 4.69) is 4.98 Å². The van der Waals surface area contributed by atoms with Crippen molar-refractivity contribution in [2.75, 3.05) is 0 Å². The van der Waals surface area contributed by atoms with Crippen LogP contribution in [0.15, 0.2) is 17.3 Å². The van der Waals surface area contributed by atoms with E-state index in [4.69, 9.17) is 10.7 Å². The third kappa shape index (κ3) is 3.25. The molecule has 1 rings (SSSR count). The zero-order valence-corrected chi connectivity index (χ0v) is 9.24. The summed E-state index contributed by atoms with van der Waals surface area (Å²) in [5.41, 5.74) is -3.18. The van der Waals surface area contributed by atoms with Gasteiger partial charge in [0, 0.05) is 22.4 Å². The molecule has 0 fully saturated rings. The first kappa shape index (κ1) is 14.1. The average molecular weight is 296 g/mol. The molecule has 10 heteroatoms. The Hall–Kier alpha value is -0.960. The standard InChI is InChI=1S/C7H3ClF5NO2S/c8-17(15,16)5-1-4(7(11,12)13)3(2-14-5)6(9)10/h1-2,6H. The monoisotopic (exact) mass is 295 g/mol. The summed E-state index contributed by atoms with van der Waals surface area (Å²) in [4.78, 5) is 2.95. The summed E-state index contributed by atoms with van der Waals surface area (Å²) >= 11 is 0. The van der Waals surface area contributed by atoms with E-state index in [0.717, 1.165) is 0 Å². The van der Waals surface area contributed by atoms with Crippen LogP contribution in [0.3, 0.4) is 0 Å². The molecule has 0 saturated heterocycles. The van der Waals surface area contributed by atoms with Gasteiger partial charge in [0.15, 0.2) is 5.03 Å². The summed E-state index contributed by atoms with van der Waals surface area (Å²) in [7, 11) is 0.256. The van der Waals surface area contributed by atoms with Crippen molar-refractivity contribution in [1.29, 1.82) is 0 Å². The van der Waals surface area contributed by atoms with Gasteiger partial charge in [-0.3, -0.25) is 0 Å². The molecule has 0 radical (unpaired) electrons. The first-order chi connectivity index (χ1) is 7.53. The number of hydrogen-bond donors (Lipinski definition) is 0. The van der Waals surface area contributed by atoms with Gasteiger partial charge in [0.05, 0.1) is 5.56 Å². The Morgan fingerprint density at radius 1 is 1.29 bits per heavy atom. The van der Waals surface area contributed by atoms with Gasteiger partial charge in [-0.1, -0.05) is 0 Å². The van der Waals surface area contributed by atoms with Crippen LogP contribution in [0, 0.1) is 0 Å². The first-order valence-corrected chi connectivity index (χ1v) is 6.14. The number of hydrogen-bond acceptors (Lipinski definition) is 3. The van der Waals surface area contributed by atoms with E-state index in [1.807, 2.05) is 0 Å². The van der Waals surface area contributed by atoms with Gasteiger partial charge < -0.3 is 0 Å². The van der Waals surface area contributed by atoms with Crippen molar-refractivity contribution in [3.8, 4) is 0 Å². The van der Waals surface area contributed by atoms with Gasteiger partial charge in [0.25, 0.3) is 15.5 Å². The van der Waals surface area contributed by atoms with Crippen molar-refractivity contribution in [2.45, 2.75) is 17.6 Å². The van der Waals surface area contributed by atoms with Gasteiger partial charge in [-0.05, 0) is 6.07 Å². The highest BCUT2D eigenvalue weighted by Gasteiger charge is 2.37. The van der Waals surface area contributed by atoms with Crippen LogP contribution >= 0.6 is 10.7 Å². The van der Waals surface area contributed by atoms with Crippen molar-refractivity contribution >= 4 is 19.7 Å². The molecule has 0 aliphatic heterocycles. The van der Waals surface area contributed by atoms with Gasteiger partial charge >= 0.3 is 6.18 Å². The second kappa shape index (κ2) is 4.37. The fourth-order valence-corrected chi connectivity index (χ4v) is 1.69. The largest absolute Gasteiger partial charge is 0.417 e. The van der Waals surface area contributed by atoms with E-state index in [1.54, 1.807) is 0 Å². The molecule has 0 aliphatic carbocycles. The molecule has 0 atom stereocenters. The lowest BCUT2D eigenvalue weighted by atomic mass is 10.1. The summed E-state index contributed by atoms with van der Waals surface area (Å²) in [6.07, 6.45) is -8.40. The molecule has 1 aromatic rings. The molecule has 1 heterocycles. The summed E-state index contributed by atoms with van der Waals surface area (Å²) in [6.45, 7) is 0. The van der Waals surface area contributed by atoms with Crippen molar-refractivity contribution < 1.29 is 30.4 Å². The minimum atomic E-state index is -5.12. The summed E-state index contributed by atoms with van der Waals surface area (Å²) in [5.74, 6) is 0. The second-order valence-electron chi connectivity index (χ2n) is 2.85. The Bertz CT molecular complexity index is 528. The lowest BCUT2D eigenvalue weighted by Gasteiger charge is -2.12. The van der Waals surface area contributed by atoms with Crippen LogP contribution < -0.4 is 0 Å². The number of rotatable bonds is 2. The van der Waals surface area contributed by atoms with Crippen molar-refractivity contribution in [3.05, 3.63) is 23.4 Å². The summed E-state index contributed by atoms with van der Waals surface area (Å²) in [5, 5.41) is -1.13. The molecule has 17 heavy (non-hydrogen) atoms. The van der Waals surface area contributed by atoms with E-state index >= 15 is 0 Å². The Morgan fingerprint density at radius 3 is 2.18 bits per heavy atom. The smallest absolute Gasteiger partial charge is 0.243 e. The van der Waals surface area contributed by atoms with Crippen LogP contribution in [0.25, 0.3) is 0 Å². The molecule has 0 aliphatic rings. The predicted octanol–water partition coefficient (Wildman–Crippen LogP) is 2.97. The zero-order valence-electron chi connectivity index (χ0n) is 7.67. The first-order valence-electron chi connectivity index (χ1n) is 3.83. The van der Waals surface area contributed by atoms with E-state index in [1.165, 1.54) is 0 Å². The molecule has 0 unspecified atom stereocenters. The average Bonchev–Trinajstić information content (AvgIpc) is 2.14. The minimum absolute atomic E-state index is 0.0240. The van der Waals surface area contributed by atoms with Gasteiger partial charge in [0.2, 0.25) is 0 Å². The van der Waals surface area contributed by atoms with Gasteiger partial charge in [-0.25, -0.2) is 22.2 Å². The normalized spacial score (nSPS) is 13.1. The van der Waals surface area contributed by atoms with Gasteiger partial charge in [0.1, 0.15) is 0 Å². The molecule has 1 aromatic heterocycles. The number of halogens is 6. The molecule has 0 amide bonds. The van der Waals surface area contributed by atoms with Crippen molar-refractivity contribution in [2.24, 2.45) is 0 Å². The maximum Gasteiger partial charge on any atom is 0.417 e. The van der Waals surface area contributed by atoms with E-state index in [9.17, 15) is 30.4 Å². The van der Waals surface area contributed by atoms with Crippen LogP contribution in [0.1, 0.15) is 17.6 Å². The van der Waals surface area contributed by atoms with Crippen LogP contribution in [0.2, 0.25) is 0 Å². The fourth-order valence-electron chi connectivity index (χ4n) is 1.000. The highest BCUT2D eigenvalue weighted by atomic mass is 35.7. The van der Waals surface area contributed by atoms with Crippen LogP contribution in [0.5, 0.6) is 0 Å². The van der Waals surface area contributed by atoms with Crippen molar-refractivity contribution in [1.82, 2.24) is 4.98 Å². The third-order valence-corrected chi connectivity index (χ3v) is 2.90. The molecule has 0 N–H and O–H groups in total. The zero-order chi connectivity index (χ0) is 13.4. The van der Waals surface area contributed by atoms with Crippen LogP contribution in [-0.4, -0.2) is 13.4 Å². The number of alkyl halides is 5. The molecule has 0 spiro atoms. The van der Waals surface area contributed by atoms with E-state index in [0.29, 0.717) is 0 Å². The number of pyridine rings is 1. The Morgan fingerprint density at radius 2 is 1.82 bits per heavy atom. The van der Waals surface area contributed by atoms with E-state index < -0.39 is 37.8 Å². The Kier molecular flexibility index (Phi) is 3.63. The minimum Gasteiger partial charge on any atom is -0.243 e. The molecule has 0 saturated carbocycles. The Labute approximate surface area is 96.6 Å². The van der Waals surface area contributed by atoms with Gasteiger partial charge in [-0.2, -0.15) is 13.2 Å². The molecular weight excluding hydrogens is 293 g/mol. The van der Waals surface area contributed by atoms with Gasteiger partial charge in [-0.15, -0.1) is 0 Å². The highest BCUT2D eigenvalue weighted by Crippen LogP contribution is 2.37. The van der Waals surface area contributed by atoms with E-state index in [-0.39, 0.29) is 12.3 Å². The molecule has 3 nitrogen and oxygen atoms in total. The summed E-state index contributed by atoms with van der Waals surface area (Å²) in [6, 6.07) is -0.0240.